The van der Waals surface area contributed by atoms with Crippen LogP contribution < -0.4 is 0 Å². The summed E-state index contributed by atoms with van der Waals surface area (Å²) in [5, 5.41) is 5.62. The van der Waals surface area contributed by atoms with Crippen LogP contribution in [0, 0.1) is 5.92 Å². The summed E-state index contributed by atoms with van der Waals surface area (Å²) >= 11 is 0.934. The molecule has 0 amide bonds. The lowest BCUT2D eigenvalue weighted by molar-refractivity contribution is -0.141. The molecule has 3 heterocycles. The molecule has 3 aromatic rings. The van der Waals surface area contributed by atoms with Crippen LogP contribution in [0.25, 0.3) is 10.6 Å². The predicted octanol–water partition coefficient (Wildman–Crippen LogP) is 4.80. The molecule has 2 aromatic heterocycles. The molecule has 0 saturated carbocycles. The largest absolute Gasteiger partial charge is 0.432 e. The summed E-state index contributed by atoms with van der Waals surface area (Å²) in [6, 6.07) is 14.0. The van der Waals surface area contributed by atoms with Gasteiger partial charge in [0, 0.05) is 13.1 Å². The number of thiophene rings is 1. The van der Waals surface area contributed by atoms with Gasteiger partial charge in [-0.25, -0.2) is 8.42 Å². The number of alkyl halides is 3. The fraction of sp³-hybridized carbons (Fsp3) is 0.350. The Labute approximate surface area is 176 Å². The van der Waals surface area contributed by atoms with E-state index in [1.54, 1.807) is 0 Å². The van der Waals surface area contributed by atoms with Crippen molar-refractivity contribution in [3.05, 3.63) is 59.8 Å². The van der Waals surface area contributed by atoms with Crippen LogP contribution in [0.15, 0.2) is 52.7 Å². The van der Waals surface area contributed by atoms with E-state index in [0.717, 1.165) is 36.7 Å². The monoisotopic (exact) mass is 455 g/mol. The van der Waals surface area contributed by atoms with E-state index in [0.29, 0.717) is 23.9 Å². The number of nitrogens with one attached hydrogen (secondary N) is 1. The van der Waals surface area contributed by atoms with Gasteiger partial charge < -0.3 is 0 Å². The first-order chi connectivity index (χ1) is 14.2. The number of H-pyrrole nitrogens is 1. The number of benzene rings is 1. The van der Waals surface area contributed by atoms with E-state index in [4.69, 9.17) is 0 Å². The van der Waals surface area contributed by atoms with Crippen LogP contribution in [0.2, 0.25) is 0 Å². The molecule has 30 heavy (non-hydrogen) atoms. The van der Waals surface area contributed by atoms with E-state index in [-0.39, 0.29) is 9.90 Å². The Morgan fingerprint density at radius 3 is 2.43 bits per heavy atom. The third-order valence-electron chi connectivity index (χ3n) is 5.25. The summed E-state index contributed by atoms with van der Waals surface area (Å²) in [5.41, 5.74) is 0.366. The van der Waals surface area contributed by atoms with Crippen LogP contribution in [0.1, 0.15) is 24.1 Å². The second-order valence-corrected chi connectivity index (χ2v) is 10.6. The molecule has 4 rings (SSSR count). The van der Waals surface area contributed by atoms with Crippen LogP contribution in [0.4, 0.5) is 13.2 Å². The number of rotatable bonds is 5. The molecule has 10 heteroatoms. The van der Waals surface area contributed by atoms with E-state index in [9.17, 15) is 21.6 Å². The lowest BCUT2D eigenvalue weighted by Gasteiger charge is -2.30. The Bertz CT molecular complexity index is 1100. The van der Waals surface area contributed by atoms with Gasteiger partial charge in [0.2, 0.25) is 0 Å². The standard InChI is InChI=1S/C20H20F3N3O2S2/c21-20(22,23)18-13-16(24-25-18)17-6-7-19(29-17)30(27,28)26-10-8-15(9-11-26)12-14-4-2-1-3-5-14/h1-7,13,15H,8-12H2,(H,24,25). The summed E-state index contributed by atoms with van der Waals surface area (Å²) in [6.45, 7) is 0.876. The fourth-order valence-electron chi connectivity index (χ4n) is 3.62. The summed E-state index contributed by atoms with van der Waals surface area (Å²) in [4.78, 5) is 0.374. The smallest absolute Gasteiger partial charge is 0.273 e. The van der Waals surface area contributed by atoms with Crippen molar-refractivity contribution in [1.82, 2.24) is 14.5 Å². The van der Waals surface area contributed by atoms with Crippen molar-refractivity contribution in [1.29, 1.82) is 0 Å². The van der Waals surface area contributed by atoms with Crippen molar-refractivity contribution in [3.8, 4) is 10.6 Å². The Morgan fingerprint density at radius 2 is 1.80 bits per heavy atom. The molecule has 1 aliphatic heterocycles. The zero-order chi connectivity index (χ0) is 21.4. The van der Waals surface area contributed by atoms with Gasteiger partial charge in [-0.2, -0.15) is 22.6 Å². The van der Waals surface area contributed by atoms with Gasteiger partial charge in [-0.3, -0.25) is 5.10 Å². The first-order valence-corrected chi connectivity index (χ1v) is 11.8. The summed E-state index contributed by atoms with van der Waals surface area (Å²) in [6.07, 6.45) is -2.04. The van der Waals surface area contributed by atoms with Gasteiger partial charge >= 0.3 is 6.18 Å². The average Bonchev–Trinajstić information content (AvgIpc) is 3.39. The van der Waals surface area contributed by atoms with E-state index >= 15 is 0 Å². The van der Waals surface area contributed by atoms with Crippen molar-refractivity contribution in [2.45, 2.75) is 29.6 Å². The lowest BCUT2D eigenvalue weighted by Crippen LogP contribution is -2.38. The maximum atomic E-state index is 13.0. The predicted molar refractivity (Wildman–Crippen MR) is 109 cm³/mol. The SMILES string of the molecule is O=S(=O)(c1ccc(-c2cc(C(F)(F)F)[nH]n2)s1)N1CCC(Cc2ccccc2)CC1. The molecular formula is C20H20F3N3O2S2. The molecule has 1 aromatic carbocycles. The van der Waals surface area contributed by atoms with Crippen molar-refractivity contribution < 1.29 is 21.6 Å². The molecular weight excluding hydrogens is 435 g/mol. The zero-order valence-electron chi connectivity index (χ0n) is 15.9. The highest BCUT2D eigenvalue weighted by Gasteiger charge is 2.34. The number of aromatic nitrogens is 2. The Morgan fingerprint density at radius 1 is 1.10 bits per heavy atom. The molecule has 1 fully saturated rings. The molecule has 0 atom stereocenters. The van der Waals surface area contributed by atoms with E-state index in [1.165, 1.54) is 22.0 Å². The number of hydrogen-bond acceptors (Lipinski definition) is 4. The molecule has 0 unspecified atom stereocenters. The van der Waals surface area contributed by atoms with Gasteiger partial charge in [0.1, 0.15) is 15.6 Å². The maximum absolute atomic E-state index is 13.0. The van der Waals surface area contributed by atoms with Crippen molar-refractivity contribution >= 4 is 21.4 Å². The normalized spacial score (nSPS) is 16.8. The van der Waals surface area contributed by atoms with Gasteiger partial charge in [-0.1, -0.05) is 30.3 Å². The van der Waals surface area contributed by atoms with Crippen molar-refractivity contribution in [2.75, 3.05) is 13.1 Å². The van der Waals surface area contributed by atoms with E-state index in [1.807, 2.05) is 23.3 Å². The van der Waals surface area contributed by atoms with Crippen molar-refractivity contribution in [3.63, 3.8) is 0 Å². The quantitative estimate of drug-likeness (QED) is 0.601. The van der Waals surface area contributed by atoms with Crippen LogP contribution in [0.5, 0.6) is 0 Å². The topological polar surface area (TPSA) is 66.1 Å². The van der Waals surface area contributed by atoms with Gasteiger partial charge in [-0.05, 0) is 48.9 Å². The Kier molecular flexibility index (Phi) is 5.73. The first-order valence-electron chi connectivity index (χ1n) is 9.50. The highest BCUT2D eigenvalue weighted by atomic mass is 32.2. The van der Waals surface area contributed by atoms with Gasteiger partial charge in [-0.15, -0.1) is 11.3 Å². The van der Waals surface area contributed by atoms with E-state index in [2.05, 4.69) is 17.2 Å². The molecule has 0 bridgehead atoms. The minimum Gasteiger partial charge on any atom is -0.273 e. The number of sulfonamides is 1. The van der Waals surface area contributed by atoms with Crippen LogP contribution >= 0.6 is 11.3 Å². The number of hydrogen-bond donors (Lipinski definition) is 1. The summed E-state index contributed by atoms with van der Waals surface area (Å²) in [7, 11) is -3.68. The van der Waals surface area contributed by atoms with Gasteiger partial charge in [0.05, 0.1) is 4.88 Å². The van der Waals surface area contributed by atoms with Crippen molar-refractivity contribution in [2.24, 2.45) is 5.92 Å². The summed E-state index contributed by atoms with van der Waals surface area (Å²) < 4.78 is 65.8. The Hall–Kier alpha value is -2.17. The molecule has 0 radical (unpaired) electrons. The molecule has 1 saturated heterocycles. The minimum atomic E-state index is -4.53. The highest BCUT2D eigenvalue weighted by Crippen LogP contribution is 2.35. The first kappa shape index (κ1) is 21.1. The fourth-order valence-corrected chi connectivity index (χ4v) is 6.51. The maximum Gasteiger partial charge on any atom is 0.432 e. The second kappa shape index (κ2) is 8.16. The molecule has 0 aliphatic carbocycles. The molecule has 1 N–H and O–H groups in total. The number of nitrogens with zero attached hydrogens (tertiary/aromatic N) is 2. The number of halogens is 3. The van der Waals surface area contributed by atoms with Crippen LogP contribution in [-0.2, 0) is 22.6 Å². The molecule has 160 valence electrons. The molecule has 1 aliphatic rings. The van der Waals surface area contributed by atoms with Crippen LogP contribution in [0.3, 0.4) is 0 Å². The molecule has 0 spiro atoms. The number of piperidine rings is 1. The Balaban J connectivity index is 1.43. The van der Waals surface area contributed by atoms with Gasteiger partial charge in [0.15, 0.2) is 0 Å². The van der Waals surface area contributed by atoms with Gasteiger partial charge in [0.25, 0.3) is 10.0 Å². The zero-order valence-corrected chi connectivity index (χ0v) is 17.5. The summed E-state index contributed by atoms with van der Waals surface area (Å²) in [5.74, 6) is 0.433. The second-order valence-electron chi connectivity index (χ2n) is 7.32. The minimum absolute atomic E-state index is 0.0790. The molecule has 5 nitrogen and oxygen atoms in total. The third-order valence-corrected chi connectivity index (χ3v) is 8.73. The lowest BCUT2D eigenvalue weighted by atomic mass is 9.91. The average molecular weight is 456 g/mol. The van der Waals surface area contributed by atoms with E-state index < -0.39 is 21.9 Å². The highest BCUT2D eigenvalue weighted by molar-refractivity contribution is 7.91. The number of aromatic amines is 1. The van der Waals surface area contributed by atoms with Crippen LogP contribution in [-0.4, -0.2) is 36.0 Å². The third kappa shape index (κ3) is 4.45.